The lowest BCUT2D eigenvalue weighted by Gasteiger charge is -2.35. The first-order chi connectivity index (χ1) is 11.0. The molecule has 0 aliphatic carbocycles. The van der Waals surface area contributed by atoms with Gasteiger partial charge in [0.2, 0.25) is 5.91 Å². The number of nitrogen functional groups attached to an aromatic ring is 1. The number of carbonyl (C=O) groups excluding carboxylic acids is 3. The molecule has 0 spiro atoms. The number of piperidine rings is 1. The van der Waals surface area contributed by atoms with E-state index in [0.29, 0.717) is 17.9 Å². The summed E-state index contributed by atoms with van der Waals surface area (Å²) in [5.74, 6) is -1.90. The molecule has 6 heteroatoms. The van der Waals surface area contributed by atoms with E-state index in [-0.39, 0.29) is 6.04 Å². The molecule has 2 N–H and O–H groups in total. The number of hydrogen-bond acceptors (Lipinski definition) is 4. The average molecular weight is 317 g/mol. The van der Waals surface area contributed by atoms with Crippen molar-refractivity contribution in [2.24, 2.45) is 0 Å². The highest BCUT2D eigenvalue weighted by Gasteiger charge is 2.34. The van der Waals surface area contributed by atoms with Crippen molar-refractivity contribution in [2.45, 2.75) is 45.6 Å². The third-order valence-electron chi connectivity index (χ3n) is 4.21. The van der Waals surface area contributed by atoms with Crippen LogP contribution in [0, 0.1) is 0 Å². The van der Waals surface area contributed by atoms with E-state index in [1.165, 1.54) is 6.92 Å². The van der Waals surface area contributed by atoms with E-state index in [2.05, 4.69) is 0 Å². The van der Waals surface area contributed by atoms with Gasteiger partial charge < -0.3 is 10.6 Å². The molecular formula is C17H23N3O3. The topological polar surface area (TPSA) is 83.7 Å². The molecule has 1 saturated heterocycles. The first-order valence-electron chi connectivity index (χ1n) is 7.96. The Kier molecular flexibility index (Phi) is 5.36. The van der Waals surface area contributed by atoms with Crippen LogP contribution < -0.4 is 10.6 Å². The summed E-state index contributed by atoms with van der Waals surface area (Å²) >= 11 is 0. The molecule has 1 aliphatic heterocycles. The Hall–Kier alpha value is -2.37. The number of carbonyl (C=O) groups is 3. The fourth-order valence-corrected chi connectivity index (χ4v) is 2.98. The maximum atomic E-state index is 12.6. The lowest BCUT2D eigenvalue weighted by atomic mass is 10.00. The number of anilines is 2. The standard InChI is InChI=1S/C17H23N3O3/c1-3-14-6-4-5-11-19(14)16(22)17(23)20(12(2)21)15-9-7-13(18)8-10-15/h7-10,14H,3-6,11,18H2,1-2H3. The van der Waals surface area contributed by atoms with Gasteiger partial charge in [-0.3, -0.25) is 14.4 Å². The summed E-state index contributed by atoms with van der Waals surface area (Å²) in [4.78, 5) is 39.7. The third kappa shape index (κ3) is 3.70. The van der Waals surface area contributed by atoms with Crippen LogP contribution in [-0.2, 0) is 14.4 Å². The Morgan fingerprint density at radius 2 is 1.87 bits per heavy atom. The smallest absolute Gasteiger partial charge is 0.323 e. The molecule has 1 heterocycles. The zero-order chi connectivity index (χ0) is 17.0. The second-order valence-electron chi connectivity index (χ2n) is 5.81. The van der Waals surface area contributed by atoms with Crippen molar-refractivity contribution >= 4 is 29.1 Å². The molecule has 1 atom stereocenters. The second-order valence-corrected chi connectivity index (χ2v) is 5.81. The summed E-state index contributed by atoms with van der Waals surface area (Å²) in [6.07, 6.45) is 3.65. The van der Waals surface area contributed by atoms with Gasteiger partial charge in [-0.2, -0.15) is 0 Å². The van der Waals surface area contributed by atoms with Gasteiger partial charge in [0.05, 0.1) is 5.69 Å². The van der Waals surface area contributed by atoms with Crippen molar-refractivity contribution in [1.29, 1.82) is 0 Å². The van der Waals surface area contributed by atoms with Gasteiger partial charge in [0.25, 0.3) is 0 Å². The summed E-state index contributed by atoms with van der Waals surface area (Å²) in [5.41, 5.74) is 6.51. The minimum Gasteiger partial charge on any atom is -0.399 e. The molecule has 1 unspecified atom stereocenters. The number of rotatable bonds is 2. The largest absolute Gasteiger partial charge is 0.399 e. The quantitative estimate of drug-likeness (QED) is 0.667. The van der Waals surface area contributed by atoms with Gasteiger partial charge in [-0.25, -0.2) is 4.90 Å². The zero-order valence-electron chi connectivity index (χ0n) is 13.6. The van der Waals surface area contributed by atoms with Crippen LogP contribution in [0.1, 0.15) is 39.5 Å². The predicted molar refractivity (Wildman–Crippen MR) is 88.7 cm³/mol. The molecule has 0 bridgehead atoms. The molecule has 0 saturated carbocycles. The van der Waals surface area contributed by atoms with Gasteiger partial charge in [0, 0.05) is 25.2 Å². The van der Waals surface area contributed by atoms with Crippen LogP contribution in [0.25, 0.3) is 0 Å². The summed E-state index contributed by atoms with van der Waals surface area (Å²) < 4.78 is 0. The Balaban J connectivity index is 2.25. The maximum Gasteiger partial charge on any atom is 0.323 e. The van der Waals surface area contributed by atoms with Crippen LogP contribution in [0.3, 0.4) is 0 Å². The molecule has 124 valence electrons. The minimum atomic E-state index is -0.803. The highest BCUT2D eigenvalue weighted by molar-refractivity contribution is 6.45. The Morgan fingerprint density at radius 3 is 2.43 bits per heavy atom. The third-order valence-corrected chi connectivity index (χ3v) is 4.21. The summed E-state index contributed by atoms with van der Waals surface area (Å²) in [7, 11) is 0. The molecule has 1 fully saturated rings. The Morgan fingerprint density at radius 1 is 1.22 bits per heavy atom. The molecule has 0 radical (unpaired) electrons. The van der Waals surface area contributed by atoms with Crippen LogP contribution in [0.4, 0.5) is 11.4 Å². The number of imide groups is 1. The molecule has 0 aromatic heterocycles. The lowest BCUT2D eigenvalue weighted by molar-refractivity contribution is -0.148. The van der Waals surface area contributed by atoms with Gasteiger partial charge in [-0.1, -0.05) is 6.92 Å². The number of likely N-dealkylation sites (tertiary alicyclic amines) is 1. The molecular weight excluding hydrogens is 294 g/mol. The van der Waals surface area contributed by atoms with Crippen LogP contribution >= 0.6 is 0 Å². The fraction of sp³-hybridized carbons (Fsp3) is 0.471. The molecule has 23 heavy (non-hydrogen) atoms. The van der Waals surface area contributed by atoms with Crippen molar-refractivity contribution in [1.82, 2.24) is 4.90 Å². The normalized spacial score (nSPS) is 17.7. The van der Waals surface area contributed by atoms with Gasteiger partial charge in [-0.15, -0.1) is 0 Å². The highest BCUT2D eigenvalue weighted by atomic mass is 16.2. The van der Waals surface area contributed by atoms with Crippen LogP contribution in [0.15, 0.2) is 24.3 Å². The summed E-state index contributed by atoms with van der Waals surface area (Å²) in [5, 5.41) is 0. The minimum absolute atomic E-state index is 0.0698. The van der Waals surface area contributed by atoms with Gasteiger partial charge in [0.1, 0.15) is 0 Å². The SMILES string of the molecule is CCC1CCCCN1C(=O)C(=O)N(C(C)=O)c1ccc(N)cc1. The van der Waals surface area contributed by atoms with Crippen molar-refractivity contribution in [3.63, 3.8) is 0 Å². The number of benzene rings is 1. The predicted octanol–water partition coefficient (Wildman–Crippen LogP) is 1.94. The van der Waals surface area contributed by atoms with Crippen molar-refractivity contribution < 1.29 is 14.4 Å². The molecule has 1 aromatic rings. The van der Waals surface area contributed by atoms with E-state index >= 15 is 0 Å². The monoisotopic (exact) mass is 317 g/mol. The number of hydrogen-bond donors (Lipinski definition) is 1. The van der Waals surface area contributed by atoms with Gasteiger partial charge >= 0.3 is 11.8 Å². The molecule has 3 amide bonds. The molecule has 1 aliphatic rings. The average Bonchev–Trinajstić information content (AvgIpc) is 2.55. The van der Waals surface area contributed by atoms with Crippen LogP contribution in [-0.4, -0.2) is 35.2 Å². The van der Waals surface area contributed by atoms with Gasteiger partial charge in [0.15, 0.2) is 0 Å². The van der Waals surface area contributed by atoms with E-state index in [9.17, 15) is 14.4 Å². The van der Waals surface area contributed by atoms with E-state index in [1.807, 2.05) is 6.92 Å². The van der Waals surface area contributed by atoms with Crippen molar-refractivity contribution in [3.8, 4) is 0 Å². The number of amides is 3. The van der Waals surface area contributed by atoms with E-state index in [4.69, 9.17) is 5.73 Å². The zero-order valence-corrected chi connectivity index (χ0v) is 13.6. The van der Waals surface area contributed by atoms with Crippen molar-refractivity contribution in [3.05, 3.63) is 24.3 Å². The second kappa shape index (κ2) is 7.26. The summed E-state index contributed by atoms with van der Waals surface area (Å²) in [6.45, 7) is 3.84. The molecule has 1 aromatic carbocycles. The van der Waals surface area contributed by atoms with E-state index in [0.717, 1.165) is 30.6 Å². The molecule has 2 rings (SSSR count). The summed E-state index contributed by atoms with van der Waals surface area (Å²) in [6, 6.07) is 6.39. The Bertz CT molecular complexity index is 598. The fourth-order valence-electron chi connectivity index (χ4n) is 2.98. The first-order valence-corrected chi connectivity index (χ1v) is 7.96. The van der Waals surface area contributed by atoms with E-state index in [1.54, 1.807) is 29.2 Å². The maximum absolute atomic E-state index is 12.6. The number of nitrogens with zero attached hydrogens (tertiary/aromatic N) is 2. The van der Waals surface area contributed by atoms with E-state index < -0.39 is 17.7 Å². The van der Waals surface area contributed by atoms with Crippen LogP contribution in [0.5, 0.6) is 0 Å². The van der Waals surface area contributed by atoms with Gasteiger partial charge in [-0.05, 0) is 49.9 Å². The van der Waals surface area contributed by atoms with Crippen LogP contribution in [0.2, 0.25) is 0 Å². The Labute approximate surface area is 136 Å². The molecule has 6 nitrogen and oxygen atoms in total. The number of nitrogens with two attached hydrogens (primary N) is 1. The lowest BCUT2D eigenvalue weighted by Crippen LogP contribution is -2.52. The van der Waals surface area contributed by atoms with Crippen molar-refractivity contribution in [2.75, 3.05) is 17.2 Å². The highest BCUT2D eigenvalue weighted by Crippen LogP contribution is 2.22. The first kappa shape index (κ1) is 17.0.